The Morgan fingerprint density at radius 1 is 0.208 bits per heavy atom. The Hall–Kier alpha value is -0.440. The second-order valence-corrected chi connectivity index (χ2v) is 49.4. The van der Waals surface area contributed by atoms with Crippen molar-refractivity contribution in [2.24, 2.45) is 172 Å². The van der Waals surface area contributed by atoms with Crippen LogP contribution >= 0.6 is 0 Å². The second kappa shape index (κ2) is 50.8. The fourth-order valence-electron chi connectivity index (χ4n) is 24.9. The quantitative estimate of drug-likeness (QED) is 0.0864. The van der Waals surface area contributed by atoms with Crippen molar-refractivity contribution in [3.05, 3.63) is 0 Å². The number of rotatable bonds is 24. The molecule has 0 bridgehead atoms. The fraction of sp³-hybridized carbons (Fsp3) is 1.00. The molecule has 0 unspecified atom stereocenters. The zero-order valence-corrected chi connectivity index (χ0v) is 84.6. The topological polar surface area (TPSA) is 86.6 Å². The van der Waals surface area contributed by atoms with Crippen molar-refractivity contribution in [3.8, 4) is 0 Å². The maximum absolute atomic E-state index is 9.79. The molecule has 0 aromatic heterocycles. The Balaban J connectivity index is 0.000000156. The van der Waals surface area contributed by atoms with Gasteiger partial charge in [0.1, 0.15) is 0 Å². The highest BCUT2D eigenvalue weighted by Gasteiger charge is 2.43. The Kier molecular flexibility index (Phi) is 43.7. The van der Waals surface area contributed by atoms with E-state index in [0.29, 0.717) is 35.5 Å². The smallest absolute Gasteiger partial charge is 0.0670 e. The lowest BCUT2D eigenvalue weighted by atomic mass is 9.72. The van der Waals surface area contributed by atoms with Gasteiger partial charge in [0.05, 0.1) is 18.3 Å². The fourth-order valence-corrected chi connectivity index (χ4v) is 24.9. The number of hydrogen-bond donors (Lipinski definition) is 3. The third-order valence-electron chi connectivity index (χ3n) is 35.2. The van der Waals surface area contributed by atoms with Gasteiger partial charge in [-0.05, 0) is 352 Å². The zero-order valence-electron chi connectivity index (χ0n) is 84.6. The molecule has 8 saturated heterocycles. The van der Waals surface area contributed by atoms with Gasteiger partial charge in [-0.25, -0.2) is 0 Å². The molecule has 16 rings (SSSR count). The minimum Gasteiger partial charge on any atom is -0.392 e. The molecule has 0 aromatic carbocycles. The summed E-state index contributed by atoms with van der Waals surface area (Å²) in [4.78, 5) is 21.4. The summed E-state index contributed by atoms with van der Waals surface area (Å²) < 4.78 is 0. The van der Waals surface area contributed by atoms with Crippen LogP contribution in [0.15, 0.2) is 0 Å². The van der Waals surface area contributed by atoms with E-state index in [0.717, 1.165) is 199 Å². The SMILES string of the molecule is CC(C)[C@@H]1CCN(C2CCC2)C[C@H]1C(C)C.CC(C)[C@@H]1CCN(C2CCC2)C[C@H]1C(C)C.CC(C)[C@@H]1C[C@@H](C)CN(CC2CC2)C1.CC(C)[C@@H]1C[C@H](O)CN(CC2CC2)C1.CC(C)[C@H]1CN(C2CCC2)CC[C@H]1C(C)C.CC(C)[C@H]1CN(C2CCC2)CC[C@H]1C(C)C.CC(C)[C@H]1C[C@@H](O)CN(CC2CC2)C1.CC(C)[C@H]1C[C@H](O)CN(CC2CC2)C1. The highest BCUT2D eigenvalue weighted by molar-refractivity contribution is 4.96. The summed E-state index contributed by atoms with van der Waals surface area (Å²) in [5.74, 6) is 25.5. The second-order valence-electron chi connectivity index (χ2n) is 49.4. The molecule has 16 aliphatic rings. The molecule has 704 valence electrons. The first kappa shape index (κ1) is 103. The first-order valence-corrected chi connectivity index (χ1v) is 53.9. The van der Waals surface area contributed by atoms with Gasteiger partial charge in [-0.2, -0.15) is 0 Å². The van der Waals surface area contributed by atoms with Gasteiger partial charge < -0.3 is 54.5 Å². The highest BCUT2D eigenvalue weighted by atomic mass is 16.3. The van der Waals surface area contributed by atoms with Crippen LogP contribution in [0.3, 0.4) is 0 Å². The minimum absolute atomic E-state index is 0.0742. The number of nitrogens with zero attached hydrogens (tertiary/aromatic N) is 8. The molecule has 0 aromatic rings. The van der Waals surface area contributed by atoms with Crippen LogP contribution in [-0.2, 0) is 0 Å². The Bertz CT molecular complexity index is 2340. The van der Waals surface area contributed by atoms with Crippen molar-refractivity contribution in [2.75, 3.05) is 131 Å². The molecule has 0 amide bonds. The van der Waals surface area contributed by atoms with Gasteiger partial charge >= 0.3 is 0 Å². The van der Waals surface area contributed by atoms with Crippen LogP contribution in [0, 0.1) is 172 Å². The molecule has 16 fully saturated rings. The van der Waals surface area contributed by atoms with Crippen LogP contribution in [0.1, 0.15) is 353 Å². The van der Waals surface area contributed by atoms with Gasteiger partial charge in [0.25, 0.3) is 0 Å². The predicted octanol–water partition coefficient (Wildman–Crippen LogP) is 23.4. The summed E-state index contributed by atoms with van der Waals surface area (Å²) in [5.41, 5.74) is 0. The van der Waals surface area contributed by atoms with Gasteiger partial charge in [-0.1, -0.05) is 199 Å². The maximum atomic E-state index is 9.79. The molecule has 8 heterocycles. The monoisotopic (exact) mass is 1680 g/mol. The number of hydrogen-bond acceptors (Lipinski definition) is 11. The van der Waals surface area contributed by atoms with Crippen LogP contribution in [0.2, 0.25) is 0 Å². The van der Waals surface area contributed by atoms with E-state index in [-0.39, 0.29) is 18.3 Å². The Labute approximate surface area is 748 Å². The van der Waals surface area contributed by atoms with Crippen molar-refractivity contribution in [2.45, 2.75) is 395 Å². The lowest BCUT2D eigenvalue weighted by molar-refractivity contribution is 0.0150. The first-order chi connectivity index (χ1) is 57.0. The molecular weight excluding hydrogens is 1470 g/mol. The summed E-state index contributed by atoms with van der Waals surface area (Å²) >= 11 is 0. The maximum Gasteiger partial charge on any atom is 0.0670 e. The third kappa shape index (κ3) is 34.4. The first-order valence-electron chi connectivity index (χ1n) is 53.9. The molecule has 0 radical (unpaired) electrons. The zero-order chi connectivity index (χ0) is 87.3. The average Bonchev–Trinajstić information content (AvgIpc) is 1.68. The van der Waals surface area contributed by atoms with Crippen LogP contribution in [0.4, 0.5) is 0 Å². The Morgan fingerprint density at radius 2 is 0.400 bits per heavy atom. The van der Waals surface area contributed by atoms with E-state index in [4.69, 9.17) is 0 Å². The summed E-state index contributed by atoms with van der Waals surface area (Å²) in [6.07, 6.45) is 39.2. The van der Waals surface area contributed by atoms with E-state index in [2.05, 4.69) is 212 Å². The van der Waals surface area contributed by atoms with E-state index in [1.165, 1.54) is 272 Å². The standard InChI is InChI=1S/4C15H29N.C13H25N.3C12H23NO/c4*1-11(2)14-8-9-16(13-6-5-7-13)10-15(14)12(3)4;1-10(2)13-6-11(3)7-14(9-13)8-12-4-5-12;3*1-9(2)11-5-12(14)8-13(7-11)6-10-3-4-10/h4*11-15H,5-10H2,1-4H3;10-13H,4-9H2,1-3H3;3*9-12,14H,3-8H2,1-2H3/t2*14-,15+;2*14-,15-;11-,13-;2*11-,12+;11-,12-/m00001100/s1. The van der Waals surface area contributed by atoms with Crippen molar-refractivity contribution in [1.29, 1.82) is 0 Å². The van der Waals surface area contributed by atoms with Crippen LogP contribution in [0.5, 0.6) is 0 Å². The van der Waals surface area contributed by atoms with Gasteiger partial charge in [0.2, 0.25) is 0 Å². The molecule has 0 spiro atoms. The summed E-state index contributed by atoms with van der Waals surface area (Å²) in [7, 11) is 0. The highest BCUT2D eigenvalue weighted by Crippen LogP contribution is 2.45. The Morgan fingerprint density at radius 3 is 0.567 bits per heavy atom. The van der Waals surface area contributed by atoms with Crippen molar-refractivity contribution in [1.82, 2.24) is 39.2 Å². The molecule has 11 nitrogen and oxygen atoms in total. The van der Waals surface area contributed by atoms with E-state index < -0.39 is 0 Å². The lowest BCUT2D eigenvalue weighted by Gasteiger charge is -2.47. The van der Waals surface area contributed by atoms with Gasteiger partial charge in [0, 0.05) is 129 Å². The van der Waals surface area contributed by atoms with Crippen molar-refractivity contribution < 1.29 is 15.3 Å². The molecule has 11 heteroatoms. The number of likely N-dealkylation sites (tertiary alicyclic amines) is 8. The third-order valence-corrected chi connectivity index (χ3v) is 35.2. The lowest BCUT2D eigenvalue weighted by Crippen LogP contribution is -2.50. The predicted molar refractivity (Wildman–Crippen MR) is 518 cm³/mol. The molecular formula is C109H210N8O3. The number of aliphatic hydroxyl groups is 3. The van der Waals surface area contributed by atoms with E-state index in [1.807, 2.05) is 0 Å². The van der Waals surface area contributed by atoms with E-state index in [9.17, 15) is 15.3 Å². The average molecular weight is 1680 g/mol. The van der Waals surface area contributed by atoms with Crippen LogP contribution in [-0.4, -0.2) is 228 Å². The number of β-amino-alcohol motifs (C(OH)–C–C–N with tert-alkyl or cyclic N) is 3. The number of piperidine rings is 8. The van der Waals surface area contributed by atoms with Crippen LogP contribution in [0.25, 0.3) is 0 Å². The summed E-state index contributed by atoms with van der Waals surface area (Å²) in [6.45, 7) is 84.8. The van der Waals surface area contributed by atoms with E-state index in [1.54, 1.807) is 0 Å². The minimum atomic E-state index is -0.0742. The van der Waals surface area contributed by atoms with Crippen molar-refractivity contribution >= 4 is 0 Å². The van der Waals surface area contributed by atoms with Gasteiger partial charge in [-0.3, -0.25) is 0 Å². The normalized spacial score (nSPS) is 34.2. The summed E-state index contributed by atoms with van der Waals surface area (Å²) in [5, 5.41) is 29.4. The van der Waals surface area contributed by atoms with Gasteiger partial charge in [0.15, 0.2) is 0 Å². The molecule has 3 N–H and O–H groups in total. The molecule has 16 atom stereocenters. The van der Waals surface area contributed by atoms with Crippen molar-refractivity contribution in [3.63, 3.8) is 0 Å². The van der Waals surface area contributed by atoms with E-state index >= 15 is 0 Å². The molecule has 8 saturated carbocycles. The summed E-state index contributed by atoms with van der Waals surface area (Å²) in [6, 6.07) is 3.81. The molecule has 120 heavy (non-hydrogen) atoms. The number of aliphatic hydroxyl groups excluding tert-OH is 3. The molecule has 8 aliphatic carbocycles. The van der Waals surface area contributed by atoms with Gasteiger partial charge in [-0.15, -0.1) is 0 Å². The largest absolute Gasteiger partial charge is 0.392 e. The molecule has 8 aliphatic heterocycles. The van der Waals surface area contributed by atoms with Crippen LogP contribution < -0.4 is 0 Å².